The molecule has 0 fully saturated rings. The van der Waals surface area contributed by atoms with E-state index in [9.17, 15) is 14.4 Å². The van der Waals surface area contributed by atoms with Crippen LogP contribution >= 0.6 is 0 Å². The van der Waals surface area contributed by atoms with Gasteiger partial charge in [-0.05, 0) is 116 Å². The predicted molar refractivity (Wildman–Crippen MR) is 212 cm³/mol. The first-order chi connectivity index (χ1) is 24.4. The summed E-state index contributed by atoms with van der Waals surface area (Å²) in [6.45, 7) is 13.5. The van der Waals surface area contributed by atoms with Crippen LogP contribution in [0.5, 0.6) is 11.5 Å². The number of rotatable bonds is 19. The lowest BCUT2D eigenvalue weighted by atomic mass is 9.90. The van der Waals surface area contributed by atoms with E-state index in [0.717, 1.165) is 24.9 Å². The van der Waals surface area contributed by atoms with Crippen molar-refractivity contribution in [2.75, 3.05) is 25.5 Å². The third kappa shape index (κ3) is 12.9. The number of ketones is 1. The molecule has 0 aliphatic rings. The summed E-state index contributed by atoms with van der Waals surface area (Å²) < 4.78 is 5.98. The highest BCUT2D eigenvalue weighted by atomic mass is 28.3. The quantitative estimate of drug-likeness (QED) is 0.0513. The van der Waals surface area contributed by atoms with Crippen molar-refractivity contribution in [1.82, 2.24) is 10.6 Å². The van der Waals surface area contributed by atoms with Crippen LogP contribution in [0.2, 0.25) is 25.2 Å². The first-order valence-corrected chi connectivity index (χ1v) is 21.6. The molecule has 0 atom stereocenters. The molecule has 4 aromatic carbocycles. The van der Waals surface area contributed by atoms with Crippen LogP contribution in [0.3, 0.4) is 0 Å². The fourth-order valence-corrected chi connectivity index (χ4v) is 10.8. The van der Waals surface area contributed by atoms with E-state index >= 15 is 0 Å². The van der Waals surface area contributed by atoms with Crippen molar-refractivity contribution in [2.24, 2.45) is 5.41 Å². The monoisotopic (exact) mass is 705 g/mol. The van der Waals surface area contributed by atoms with Gasteiger partial charge in [-0.2, -0.15) is 0 Å². The first kappa shape index (κ1) is 39.3. The highest BCUT2D eigenvalue weighted by Gasteiger charge is 2.29. The number of carbonyl (C=O) groups excluding carboxylic acids is 3. The standard InChI is InChI=1S/C43H55N3O4Si/c1-7-32-10-14-36(15-11-32)42(49)46-37-20-24-39(25-21-37)50-38-22-12-33(13-23-38)30-40(47)34-16-18-35(19-17-34)41(48)45-28-9-29-51(5,6)31-43(2,3)26-8-27-44-4/h10-25,44H,7-9,26-31H2,1-6H3,(H,45,48)(H,46,49). The van der Waals surface area contributed by atoms with Crippen LogP contribution in [0.25, 0.3) is 0 Å². The Morgan fingerprint density at radius 3 is 1.84 bits per heavy atom. The number of ether oxygens (including phenoxy) is 1. The van der Waals surface area contributed by atoms with E-state index in [1.807, 2.05) is 55.6 Å². The molecule has 3 N–H and O–H groups in total. The minimum absolute atomic E-state index is 0.0179. The zero-order valence-corrected chi connectivity index (χ0v) is 32.2. The average Bonchev–Trinajstić information content (AvgIpc) is 3.11. The maximum absolute atomic E-state index is 13.0. The second kappa shape index (κ2) is 18.6. The van der Waals surface area contributed by atoms with Gasteiger partial charge in [0.2, 0.25) is 0 Å². The number of amides is 2. The number of nitrogens with one attached hydrogen (secondary N) is 3. The molecule has 51 heavy (non-hydrogen) atoms. The van der Waals surface area contributed by atoms with Gasteiger partial charge in [0.05, 0.1) is 0 Å². The molecule has 0 aliphatic carbocycles. The molecule has 0 spiro atoms. The van der Waals surface area contributed by atoms with Gasteiger partial charge in [0.15, 0.2) is 5.78 Å². The van der Waals surface area contributed by atoms with Crippen LogP contribution in [-0.2, 0) is 12.8 Å². The third-order valence-electron chi connectivity index (χ3n) is 9.28. The van der Waals surface area contributed by atoms with Crippen molar-refractivity contribution in [2.45, 2.75) is 78.1 Å². The molecule has 7 nitrogen and oxygen atoms in total. The fourth-order valence-electron chi connectivity index (χ4n) is 6.69. The van der Waals surface area contributed by atoms with E-state index in [1.165, 1.54) is 30.5 Å². The lowest BCUT2D eigenvalue weighted by Gasteiger charge is -2.34. The summed E-state index contributed by atoms with van der Waals surface area (Å²) in [6.07, 6.45) is 4.59. The number of hydrogen-bond donors (Lipinski definition) is 3. The normalized spacial score (nSPS) is 11.6. The number of benzene rings is 4. The molecule has 0 aliphatic heterocycles. The maximum atomic E-state index is 13.0. The van der Waals surface area contributed by atoms with Gasteiger partial charge in [-0.15, -0.1) is 0 Å². The summed E-state index contributed by atoms with van der Waals surface area (Å²) in [4.78, 5) is 38.4. The fraction of sp³-hybridized carbons (Fsp3) is 0.372. The Morgan fingerprint density at radius 1 is 0.686 bits per heavy atom. The van der Waals surface area contributed by atoms with Gasteiger partial charge in [0.25, 0.3) is 11.8 Å². The van der Waals surface area contributed by atoms with Crippen LogP contribution in [0.15, 0.2) is 97.1 Å². The highest BCUT2D eigenvalue weighted by Crippen LogP contribution is 2.35. The maximum Gasteiger partial charge on any atom is 0.255 e. The van der Waals surface area contributed by atoms with Gasteiger partial charge in [-0.1, -0.05) is 82.4 Å². The topological polar surface area (TPSA) is 96.5 Å². The molecule has 2 amide bonds. The molecule has 4 aromatic rings. The molecular formula is C43H55N3O4Si. The Hall–Kier alpha value is -4.53. The lowest BCUT2D eigenvalue weighted by molar-refractivity contribution is 0.0950. The average molecular weight is 706 g/mol. The zero-order chi connectivity index (χ0) is 36.9. The Kier molecular flexibility index (Phi) is 14.3. The molecule has 0 radical (unpaired) electrons. The predicted octanol–water partition coefficient (Wildman–Crippen LogP) is 9.57. The number of carbonyl (C=O) groups is 3. The summed E-state index contributed by atoms with van der Waals surface area (Å²) in [7, 11) is 0.639. The Morgan fingerprint density at radius 2 is 1.24 bits per heavy atom. The molecule has 0 heterocycles. The highest BCUT2D eigenvalue weighted by molar-refractivity contribution is 6.77. The summed E-state index contributed by atoms with van der Waals surface area (Å²) in [5, 5.41) is 9.23. The molecule has 0 unspecified atom stereocenters. The van der Waals surface area contributed by atoms with Gasteiger partial charge in [0.1, 0.15) is 11.5 Å². The van der Waals surface area contributed by atoms with Crippen molar-refractivity contribution in [3.63, 3.8) is 0 Å². The molecule has 8 heteroatoms. The van der Waals surface area contributed by atoms with E-state index in [4.69, 9.17) is 4.74 Å². The van der Waals surface area contributed by atoms with E-state index in [-0.39, 0.29) is 24.0 Å². The van der Waals surface area contributed by atoms with E-state index in [0.29, 0.717) is 45.8 Å². The Balaban J connectivity index is 1.19. The van der Waals surface area contributed by atoms with Crippen molar-refractivity contribution >= 4 is 31.4 Å². The van der Waals surface area contributed by atoms with Crippen LogP contribution in [0.1, 0.15) is 82.2 Å². The lowest BCUT2D eigenvalue weighted by Crippen LogP contribution is -2.34. The second-order valence-corrected chi connectivity index (χ2v) is 20.2. The van der Waals surface area contributed by atoms with Gasteiger partial charge in [-0.25, -0.2) is 0 Å². The smallest absolute Gasteiger partial charge is 0.255 e. The minimum Gasteiger partial charge on any atom is -0.457 e. The molecule has 0 saturated heterocycles. The van der Waals surface area contributed by atoms with Crippen LogP contribution < -0.4 is 20.7 Å². The van der Waals surface area contributed by atoms with Crippen LogP contribution in [0.4, 0.5) is 5.69 Å². The number of aryl methyl sites for hydroxylation is 1. The summed E-state index contributed by atoms with van der Waals surface area (Å²) in [5.74, 6) is 0.994. The number of anilines is 1. The third-order valence-corrected chi connectivity index (χ3v) is 12.9. The van der Waals surface area contributed by atoms with Crippen molar-refractivity contribution in [3.8, 4) is 11.5 Å². The van der Waals surface area contributed by atoms with E-state index in [2.05, 4.69) is 49.8 Å². The number of Topliss-reactive ketones (excluding diaryl/α,β-unsaturated/α-hetero) is 1. The van der Waals surface area contributed by atoms with Crippen LogP contribution in [0, 0.1) is 5.41 Å². The molecule has 4 rings (SSSR count). The molecule has 270 valence electrons. The van der Waals surface area contributed by atoms with Crippen molar-refractivity contribution < 1.29 is 19.1 Å². The van der Waals surface area contributed by atoms with Gasteiger partial charge in [0, 0.05) is 43.4 Å². The summed E-state index contributed by atoms with van der Waals surface area (Å²) >= 11 is 0. The van der Waals surface area contributed by atoms with Crippen molar-refractivity contribution in [3.05, 3.63) is 125 Å². The van der Waals surface area contributed by atoms with Gasteiger partial charge < -0.3 is 20.7 Å². The summed E-state index contributed by atoms with van der Waals surface area (Å²) in [5.41, 5.74) is 4.83. The van der Waals surface area contributed by atoms with Gasteiger partial charge in [-0.3, -0.25) is 14.4 Å². The van der Waals surface area contributed by atoms with E-state index < -0.39 is 8.07 Å². The zero-order valence-electron chi connectivity index (χ0n) is 31.2. The number of hydrogen-bond acceptors (Lipinski definition) is 5. The molecule has 0 saturated carbocycles. The first-order valence-electron chi connectivity index (χ1n) is 18.2. The largest absolute Gasteiger partial charge is 0.457 e. The van der Waals surface area contributed by atoms with Gasteiger partial charge >= 0.3 is 0 Å². The Labute approximate surface area is 305 Å². The molecule has 0 bridgehead atoms. The van der Waals surface area contributed by atoms with Crippen LogP contribution in [-0.4, -0.2) is 45.8 Å². The van der Waals surface area contributed by atoms with Crippen molar-refractivity contribution in [1.29, 1.82) is 0 Å². The summed E-state index contributed by atoms with van der Waals surface area (Å²) in [6, 6.07) is 31.6. The molecule has 0 aromatic heterocycles. The van der Waals surface area contributed by atoms with E-state index in [1.54, 1.807) is 48.5 Å². The SMILES string of the molecule is CCc1ccc(C(=O)Nc2ccc(Oc3ccc(CC(=O)c4ccc(C(=O)NCCC[Si](C)(C)CC(C)(C)CCCNC)cc4)cc3)cc2)cc1. The minimum atomic E-state index is -1.37. The molecular weight excluding hydrogens is 651 g/mol. The Bertz CT molecular complexity index is 1720. The second-order valence-electron chi connectivity index (χ2n) is 15.0.